The molecule has 0 N–H and O–H groups in total. The molecule has 29 heavy (non-hydrogen) atoms. The van der Waals surface area contributed by atoms with Gasteiger partial charge in [0.05, 0.1) is 24.0 Å². The van der Waals surface area contributed by atoms with Gasteiger partial charge in [0.15, 0.2) is 0 Å². The summed E-state index contributed by atoms with van der Waals surface area (Å²) in [4.78, 5) is 15.5. The predicted octanol–water partition coefficient (Wildman–Crippen LogP) is 1.97. The molecule has 3 rings (SSSR count). The van der Waals surface area contributed by atoms with E-state index >= 15 is 0 Å². The van der Waals surface area contributed by atoms with Crippen LogP contribution < -0.4 is 39.4 Å². The first kappa shape index (κ1) is 23.6. The molecular weight excluding hydrogens is 441 g/mol. The largest absolute Gasteiger partial charge is 1.00 e. The van der Waals surface area contributed by atoms with Gasteiger partial charge in [-0.15, -0.1) is 0 Å². The topological polar surface area (TPSA) is 62.2 Å². The standard InChI is InChI=1S/C23H22BrNO3.Na/c1-3-15(2)14-28-22-12-11-16(24)13-19(22)17-7-4-5-8-18(17)20-9-6-10-21(25-20)23(26)27;/h4-13,15H,3,14H2,1-2H3,(H,26,27);/q;+1/p-1/t15-;/m0./s1. The molecule has 0 amide bonds. The van der Waals surface area contributed by atoms with Crippen molar-refractivity contribution in [2.45, 2.75) is 20.3 Å². The Bertz CT molecular complexity index is 993. The van der Waals surface area contributed by atoms with E-state index in [1.807, 2.05) is 42.5 Å². The zero-order valence-corrected chi connectivity index (χ0v) is 20.4. The molecule has 0 saturated carbocycles. The molecule has 4 nitrogen and oxygen atoms in total. The average Bonchev–Trinajstić information content (AvgIpc) is 2.72. The van der Waals surface area contributed by atoms with Crippen LogP contribution in [0.5, 0.6) is 5.75 Å². The van der Waals surface area contributed by atoms with Gasteiger partial charge in [0.2, 0.25) is 0 Å². The van der Waals surface area contributed by atoms with Gasteiger partial charge in [0, 0.05) is 15.6 Å². The van der Waals surface area contributed by atoms with Gasteiger partial charge in [-0.3, -0.25) is 0 Å². The van der Waals surface area contributed by atoms with E-state index in [0.29, 0.717) is 18.2 Å². The number of nitrogens with zero attached hydrogens (tertiary/aromatic N) is 1. The fraction of sp³-hybridized carbons (Fsp3) is 0.217. The summed E-state index contributed by atoms with van der Waals surface area (Å²) in [5.74, 6) is -0.0560. The molecule has 0 saturated heterocycles. The number of benzene rings is 2. The summed E-state index contributed by atoms with van der Waals surface area (Å²) in [7, 11) is 0. The Balaban J connectivity index is 0.00000300. The molecular formula is C23H21BrNNaO3. The minimum absolute atomic E-state index is 0. The van der Waals surface area contributed by atoms with Gasteiger partial charge in [-0.25, -0.2) is 4.98 Å². The van der Waals surface area contributed by atoms with Gasteiger partial charge in [-0.1, -0.05) is 66.5 Å². The Kier molecular flexibility index (Phi) is 8.90. The van der Waals surface area contributed by atoms with Crippen LogP contribution in [-0.4, -0.2) is 17.6 Å². The van der Waals surface area contributed by atoms with Crippen LogP contribution in [0.15, 0.2) is 65.1 Å². The molecule has 0 aliphatic carbocycles. The molecule has 0 radical (unpaired) electrons. The van der Waals surface area contributed by atoms with Crippen molar-refractivity contribution in [3.05, 3.63) is 70.8 Å². The van der Waals surface area contributed by atoms with E-state index in [9.17, 15) is 9.90 Å². The molecule has 0 spiro atoms. The van der Waals surface area contributed by atoms with Gasteiger partial charge in [0.1, 0.15) is 5.75 Å². The van der Waals surface area contributed by atoms with Crippen molar-refractivity contribution >= 4 is 21.9 Å². The van der Waals surface area contributed by atoms with Crippen LogP contribution in [0.2, 0.25) is 0 Å². The SMILES string of the molecule is CC[C@H](C)COc1ccc(Br)cc1-c1ccccc1-c1cccc(C(=O)[O-])n1.[Na+]. The van der Waals surface area contributed by atoms with Gasteiger partial charge < -0.3 is 14.6 Å². The maximum absolute atomic E-state index is 11.2. The number of rotatable bonds is 7. The predicted molar refractivity (Wildman–Crippen MR) is 112 cm³/mol. The number of carboxylic acid groups (broad SMARTS) is 1. The Morgan fingerprint density at radius 2 is 1.79 bits per heavy atom. The van der Waals surface area contributed by atoms with Crippen LogP contribution in [0, 0.1) is 5.92 Å². The van der Waals surface area contributed by atoms with Crippen molar-refractivity contribution in [3.8, 4) is 28.1 Å². The van der Waals surface area contributed by atoms with Crippen molar-refractivity contribution in [2.24, 2.45) is 5.92 Å². The fourth-order valence-corrected chi connectivity index (χ4v) is 3.19. The van der Waals surface area contributed by atoms with Crippen molar-refractivity contribution in [3.63, 3.8) is 0 Å². The quantitative estimate of drug-likeness (QED) is 0.504. The second kappa shape index (κ2) is 10.9. The van der Waals surface area contributed by atoms with E-state index < -0.39 is 5.97 Å². The number of hydrogen-bond donors (Lipinski definition) is 0. The van der Waals surface area contributed by atoms with Gasteiger partial charge >= 0.3 is 29.6 Å². The van der Waals surface area contributed by atoms with E-state index in [4.69, 9.17) is 4.74 Å². The van der Waals surface area contributed by atoms with E-state index in [1.165, 1.54) is 6.07 Å². The summed E-state index contributed by atoms with van der Waals surface area (Å²) in [6, 6.07) is 18.6. The fourth-order valence-electron chi connectivity index (χ4n) is 2.83. The van der Waals surface area contributed by atoms with Crippen LogP contribution in [-0.2, 0) is 0 Å². The Hall–Kier alpha value is -1.66. The second-order valence-corrected chi connectivity index (χ2v) is 7.62. The Labute approximate surface area is 201 Å². The number of carbonyl (C=O) groups excluding carboxylic acids is 1. The Morgan fingerprint density at radius 3 is 2.48 bits per heavy atom. The summed E-state index contributed by atoms with van der Waals surface area (Å²) in [5.41, 5.74) is 3.16. The number of hydrogen-bond acceptors (Lipinski definition) is 4. The van der Waals surface area contributed by atoms with Crippen molar-refractivity contribution in [2.75, 3.05) is 6.61 Å². The molecule has 2 aromatic carbocycles. The molecule has 0 unspecified atom stereocenters. The molecule has 6 heteroatoms. The average molecular weight is 462 g/mol. The Morgan fingerprint density at radius 1 is 1.07 bits per heavy atom. The molecule has 0 aliphatic rings. The molecule has 3 aromatic rings. The number of ether oxygens (including phenoxy) is 1. The molecule has 0 bridgehead atoms. The number of aromatic carboxylic acids is 1. The third kappa shape index (κ3) is 5.92. The number of aromatic nitrogens is 1. The van der Waals surface area contributed by atoms with E-state index in [1.54, 1.807) is 12.1 Å². The smallest absolute Gasteiger partial charge is 0.543 e. The van der Waals surface area contributed by atoms with Crippen molar-refractivity contribution in [1.29, 1.82) is 0 Å². The summed E-state index contributed by atoms with van der Waals surface area (Å²) in [6.45, 7) is 4.93. The summed E-state index contributed by atoms with van der Waals surface area (Å²) < 4.78 is 7.04. The van der Waals surface area contributed by atoms with Crippen LogP contribution in [0.4, 0.5) is 0 Å². The monoisotopic (exact) mass is 461 g/mol. The van der Waals surface area contributed by atoms with Crippen LogP contribution in [0.3, 0.4) is 0 Å². The maximum atomic E-state index is 11.2. The summed E-state index contributed by atoms with van der Waals surface area (Å²) in [5, 5.41) is 11.2. The van der Waals surface area contributed by atoms with Crippen LogP contribution >= 0.6 is 15.9 Å². The maximum Gasteiger partial charge on any atom is 1.00 e. The van der Waals surface area contributed by atoms with E-state index in [0.717, 1.165) is 33.3 Å². The molecule has 144 valence electrons. The summed E-state index contributed by atoms with van der Waals surface area (Å²) >= 11 is 3.54. The van der Waals surface area contributed by atoms with E-state index in [-0.39, 0.29) is 35.3 Å². The van der Waals surface area contributed by atoms with Gasteiger partial charge in [-0.05, 0) is 41.8 Å². The number of halogens is 1. The molecule has 1 heterocycles. The number of carboxylic acids is 1. The normalized spacial score (nSPS) is 11.4. The van der Waals surface area contributed by atoms with Crippen molar-refractivity contribution < 1.29 is 44.2 Å². The number of carbonyl (C=O) groups is 1. The first-order valence-corrected chi connectivity index (χ1v) is 9.99. The minimum atomic E-state index is -1.29. The molecule has 1 atom stereocenters. The first-order chi connectivity index (χ1) is 13.5. The zero-order valence-electron chi connectivity index (χ0n) is 16.8. The number of pyridine rings is 1. The van der Waals surface area contributed by atoms with Crippen molar-refractivity contribution in [1.82, 2.24) is 4.98 Å². The first-order valence-electron chi connectivity index (χ1n) is 9.20. The second-order valence-electron chi connectivity index (χ2n) is 6.71. The van der Waals surface area contributed by atoms with Gasteiger partial charge in [-0.2, -0.15) is 0 Å². The third-order valence-corrected chi connectivity index (χ3v) is 5.11. The third-order valence-electron chi connectivity index (χ3n) is 4.61. The summed E-state index contributed by atoms with van der Waals surface area (Å²) in [6.07, 6.45) is 1.04. The van der Waals surface area contributed by atoms with Gasteiger partial charge in [0.25, 0.3) is 0 Å². The molecule has 0 aliphatic heterocycles. The molecule has 0 fully saturated rings. The van der Waals surface area contributed by atoms with Crippen LogP contribution in [0.25, 0.3) is 22.4 Å². The van der Waals surface area contributed by atoms with Crippen LogP contribution in [0.1, 0.15) is 30.8 Å². The minimum Gasteiger partial charge on any atom is -0.543 e. The van der Waals surface area contributed by atoms with E-state index in [2.05, 4.69) is 34.8 Å². The zero-order chi connectivity index (χ0) is 20.1. The molecule has 1 aromatic heterocycles.